The number of hydrogen-bond acceptors (Lipinski definition) is 2. The zero-order chi connectivity index (χ0) is 9.14. The van der Waals surface area contributed by atoms with Gasteiger partial charge in [0, 0.05) is 11.1 Å². The van der Waals surface area contributed by atoms with Gasteiger partial charge in [0.05, 0.1) is 18.7 Å². The predicted octanol–water partition coefficient (Wildman–Crippen LogP) is 3.12. The van der Waals surface area contributed by atoms with Crippen molar-refractivity contribution in [2.24, 2.45) is 0 Å². The van der Waals surface area contributed by atoms with Crippen molar-refractivity contribution in [3.05, 3.63) is 21.6 Å². The van der Waals surface area contributed by atoms with Crippen molar-refractivity contribution in [2.45, 2.75) is 0 Å². The summed E-state index contributed by atoms with van der Waals surface area (Å²) in [6.45, 7) is 0. The molecule has 0 amide bonds. The van der Waals surface area contributed by atoms with Crippen molar-refractivity contribution >= 4 is 27.5 Å². The zero-order valence-corrected chi connectivity index (χ0v) is 9.07. The van der Waals surface area contributed by atoms with E-state index in [2.05, 4.69) is 15.9 Å². The van der Waals surface area contributed by atoms with Crippen LogP contribution in [0.4, 0.5) is 0 Å². The first kappa shape index (κ1) is 9.68. The quantitative estimate of drug-likeness (QED) is 0.804. The summed E-state index contributed by atoms with van der Waals surface area (Å²) in [6, 6.07) is 3.45. The lowest BCUT2D eigenvalue weighted by atomic mass is 10.3. The van der Waals surface area contributed by atoms with Gasteiger partial charge in [0.2, 0.25) is 0 Å². The number of methoxy groups -OCH3 is 2. The third-order valence-electron chi connectivity index (χ3n) is 1.40. The summed E-state index contributed by atoms with van der Waals surface area (Å²) < 4.78 is 10.9. The highest BCUT2D eigenvalue weighted by atomic mass is 79.9. The van der Waals surface area contributed by atoms with E-state index in [1.54, 1.807) is 26.4 Å². The molecule has 0 aliphatic rings. The molecule has 12 heavy (non-hydrogen) atoms. The summed E-state index contributed by atoms with van der Waals surface area (Å²) in [5.74, 6) is 1.28. The number of rotatable bonds is 2. The van der Waals surface area contributed by atoms with E-state index < -0.39 is 0 Å². The number of ether oxygens (including phenoxy) is 2. The van der Waals surface area contributed by atoms with E-state index in [1.165, 1.54) is 0 Å². The predicted molar refractivity (Wildman–Crippen MR) is 52.3 cm³/mol. The summed E-state index contributed by atoms with van der Waals surface area (Å²) in [4.78, 5) is 0. The molecule has 4 heteroatoms. The second kappa shape index (κ2) is 4.01. The molecule has 0 atom stereocenters. The first-order chi connectivity index (χ1) is 5.69. The molecule has 0 radical (unpaired) electrons. The lowest BCUT2D eigenvalue weighted by molar-refractivity contribution is 0.353. The Kier molecular flexibility index (Phi) is 3.23. The Morgan fingerprint density at radius 2 is 1.92 bits per heavy atom. The molecule has 0 aliphatic heterocycles. The Balaban J connectivity index is 3.24. The highest BCUT2D eigenvalue weighted by molar-refractivity contribution is 9.10. The van der Waals surface area contributed by atoms with Crippen LogP contribution in [0.15, 0.2) is 16.6 Å². The highest BCUT2D eigenvalue weighted by Gasteiger charge is 2.08. The molecule has 0 spiro atoms. The molecular weight excluding hydrogens is 243 g/mol. The van der Waals surface area contributed by atoms with Crippen LogP contribution < -0.4 is 9.47 Å². The molecule has 0 N–H and O–H groups in total. The van der Waals surface area contributed by atoms with Crippen LogP contribution in [0.1, 0.15) is 0 Å². The largest absolute Gasteiger partial charge is 0.493 e. The van der Waals surface area contributed by atoms with Gasteiger partial charge in [-0.25, -0.2) is 0 Å². The molecular formula is C8H8BrClO2. The van der Waals surface area contributed by atoms with E-state index in [-0.39, 0.29) is 0 Å². The van der Waals surface area contributed by atoms with E-state index >= 15 is 0 Å². The maximum absolute atomic E-state index is 5.79. The average molecular weight is 252 g/mol. The minimum atomic E-state index is 0.611. The summed E-state index contributed by atoms with van der Waals surface area (Å²) >= 11 is 9.10. The molecule has 0 unspecified atom stereocenters. The molecule has 2 nitrogen and oxygen atoms in total. The van der Waals surface area contributed by atoms with Crippen LogP contribution in [0.25, 0.3) is 0 Å². The van der Waals surface area contributed by atoms with Gasteiger partial charge in [-0.1, -0.05) is 11.6 Å². The van der Waals surface area contributed by atoms with Crippen LogP contribution >= 0.6 is 27.5 Å². The standard InChI is InChI=1S/C8H8BrClO2/c1-11-7-4-5(10)3-6(9)8(7)12-2/h3-4H,1-2H3. The number of benzene rings is 1. The van der Waals surface area contributed by atoms with Crippen molar-refractivity contribution in [2.75, 3.05) is 14.2 Å². The third kappa shape index (κ3) is 1.84. The Morgan fingerprint density at radius 1 is 1.25 bits per heavy atom. The van der Waals surface area contributed by atoms with Crippen LogP contribution in [-0.2, 0) is 0 Å². The molecule has 0 bridgehead atoms. The molecule has 0 fully saturated rings. The molecule has 0 saturated carbocycles. The fourth-order valence-electron chi connectivity index (χ4n) is 0.886. The topological polar surface area (TPSA) is 18.5 Å². The molecule has 1 aromatic rings. The van der Waals surface area contributed by atoms with Gasteiger partial charge in [0.25, 0.3) is 0 Å². The van der Waals surface area contributed by atoms with E-state index in [9.17, 15) is 0 Å². The Labute approximate surface area is 84.6 Å². The Bertz CT molecular complexity index is 289. The second-order valence-corrected chi connectivity index (χ2v) is 3.41. The van der Waals surface area contributed by atoms with Crippen LogP contribution in [0, 0.1) is 0 Å². The minimum absolute atomic E-state index is 0.611. The zero-order valence-electron chi connectivity index (χ0n) is 6.73. The van der Waals surface area contributed by atoms with Crippen LogP contribution in [0.3, 0.4) is 0 Å². The van der Waals surface area contributed by atoms with Crippen molar-refractivity contribution in [1.29, 1.82) is 0 Å². The molecule has 1 rings (SSSR count). The fraction of sp³-hybridized carbons (Fsp3) is 0.250. The average Bonchev–Trinajstić information content (AvgIpc) is 2.03. The van der Waals surface area contributed by atoms with E-state index in [4.69, 9.17) is 21.1 Å². The van der Waals surface area contributed by atoms with Gasteiger partial charge in [-0.3, -0.25) is 0 Å². The van der Waals surface area contributed by atoms with Gasteiger partial charge in [0.1, 0.15) is 0 Å². The van der Waals surface area contributed by atoms with Crippen LogP contribution in [-0.4, -0.2) is 14.2 Å². The lowest BCUT2D eigenvalue weighted by Gasteiger charge is -2.09. The first-order valence-corrected chi connectivity index (χ1v) is 4.43. The second-order valence-electron chi connectivity index (χ2n) is 2.12. The lowest BCUT2D eigenvalue weighted by Crippen LogP contribution is -1.90. The van der Waals surface area contributed by atoms with Gasteiger partial charge in [-0.05, 0) is 22.0 Å². The van der Waals surface area contributed by atoms with E-state index in [0.29, 0.717) is 16.5 Å². The molecule has 0 heterocycles. The number of hydrogen-bond donors (Lipinski definition) is 0. The maximum Gasteiger partial charge on any atom is 0.175 e. The van der Waals surface area contributed by atoms with Crippen molar-refractivity contribution in [3.8, 4) is 11.5 Å². The van der Waals surface area contributed by atoms with Crippen molar-refractivity contribution in [3.63, 3.8) is 0 Å². The summed E-state index contributed by atoms with van der Waals surface area (Å²) in [5.41, 5.74) is 0. The van der Waals surface area contributed by atoms with Crippen LogP contribution in [0.2, 0.25) is 5.02 Å². The normalized spacial score (nSPS) is 9.67. The van der Waals surface area contributed by atoms with Crippen LogP contribution in [0.5, 0.6) is 11.5 Å². The van der Waals surface area contributed by atoms with Gasteiger partial charge in [0.15, 0.2) is 11.5 Å². The summed E-state index contributed by atoms with van der Waals surface area (Å²) in [5, 5.41) is 0.611. The molecule has 0 aromatic heterocycles. The third-order valence-corrected chi connectivity index (χ3v) is 2.21. The highest BCUT2D eigenvalue weighted by Crippen LogP contribution is 2.37. The molecule has 1 aromatic carbocycles. The molecule has 0 saturated heterocycles. The first-order valence-electron chi connectivity index (χ1n) is 3.26. The van der Waals surface area contributed by atoms with Gasteiger partial charge < -0.3 is 9.47 Å². The minimum Gasteiger partial charge on any atom is -0.493 e. The van der Waals surface area contributed by atoms with Gasteiger partial charge >= 0.3 is 0 Å². The number of halogens is 2. The maximum atomic E-state index is 5.79. The summed E-state index contributed by atoms with van der Waals surface area (Å²) in [6.07, 6.45) is 0. The van der Waals surface area contributed by atoms with Gasteiger partial charge in [-0.2, -0.15) is 0 Å². The van der Waals surface area contributed by atoms with Gasteiger partial charge in [-0.15, -0.1) is 0 Å². The Morgan fingerprint density at radius 3 is 2.42 bits per heavy atom. The van der Waals surface area contributed by atoms with Crippen molar-refractivity contribution < 1.29 is 9.47 Å². The SMILES string of the molecule is COc1cc(Cl)cc(Br)c1OC. The summed E-state index contributed by atoms with van der Waals surface area (Å²) in [7, 11) is 3.15. The van der Waals surface area contributed by atoms with E-state index in [1.807, 2.05) is 0 Å². The smallest absolute Gasteiger partial charge is 0.175 e. The molecule has 66 valence electrons. The van der Waals surface area contributed by atoms with E-state index in [0.717, 1.165) is 4.47 Å². The van der Waals surface area contributed by atoms with Crippen molar-refractivity contribution in [1.82, 2.24) is 0 Å². The molecule has 0 aliphatic carbocycles. The fourth-order valence-corrected chi connectivity index (χ4v) is 1.83. The Hall–Kier alpha value is -0.410. The monoisotopic (exact) mass is 250 g/mol.